The monoisotopic (exact) mass is 347 g/mol. The van der Waals surface area contributed by atoms with Crippen LogP contribution in [0.4, 0.5) is 0 Å². The highest BCUT2D eigenvalue weighted by atomic mass is 15.3. The van der Waals surface area contributed by atoms with Crippen LogP contribution in [0.1, 0.15) is 31.1 Å². The Morgan fingerprint density at radius 2 is 1.73 bits per heavy atom. The first-order valence-electron chi connectivity index (χ1n) is 8.96. The molecule has 5 nitrogen and oxygen atoms in total. The minimum absolute atomic E-state index is 0.177. The molecule has 0 amide bonds. The molecule has 1 aromatic heterocycles. The van der Waals surface area contributed by atoms with Crippen molar-refractivity contribution in [3.63, 3.8) is 0 Å². The van der Waals surface area contributed by atoms with Gasteiger partial charge in [-0.15, -0.1) is 0 Å². The molecule has 0 saturated carbocycles. The van der Waals surface area contributed by atoms with Crippen LogP contribution in [0.3, 0.4) is 0 Å². The lowest BCUT2D eigenvalue weighted by Gasteiger charge is -2.18. The molecule has 1 atom stereocenters. The number of aliphatic imine (C=N–C) groups is 1. The highest BCUT2D eigenvalue weighted by molar-refractivity contribution is 5.80. The third-order valence-electron chi connectivity index (χ3n) is 4.06. The van der Waals surface area contributed by atoms with Gasteiger partial charge in [-0.2, -0.15) is 5.10 Å². The molecule has 2 aromatic carbocycles. The number of hydrogen-bond acceptors (Lipinski definition) is 2. The molecule has 1 unspecified atom stereocenters. The fourth-order valence-corrected chi connectivity index (χ4v) is 2.68. The van der Waals surface area contributed by atoms with E-state index in [0.717, 1.165) is 23.9 Å². The van der Waals surface area contributed by atoms with Gasteiger partial charge in [-0.05, 0) is 37.6 Å². The van der Waals surface area contributed by atoms with Crippen LogP contribution < -0.4 is 10.6 Å². The SMILES string of the molecule is CCNC(=NCc1ccn(-c2ccccc2)n1)NC(C)c1ccccc1. The number of benzene rings is 2. The van der Waals surface area contributed by atoms with Gasteiger partial charge in [-0.1, -0.05) is 48.5 Å². The van der Waals surface area contributed by atoms with Gasteiger partial charge in [-0.3, -0.25) is 0 Å². The number of hydrogen-bond donors (Lipinski definition) is 2. The standard InChI is InChI=1S/C21H25N5/c1-3-22-21(24-17(2)18-10-6-4-7-11-18)23-16-19-14-15-26(25-19)20-12-8-5-9-13-20/h4-15,17H,3,16H2,1-2H3,(H2,22,23,24). The lowest BCUT2D eigenvalue weighted by atomic mass is 10.1. The summed E-state index contributed by atoms with van der Waals surface area (Å²) in [5, 5.41) is 11.3. The van der Waals surface area contributed by atoms with Crippen molar-refractivity contribution >= 4 is 5.96 Å². The molecule has 134 valence electrons. The predicted octanol–water partition coefficient (Wildman–Crippen LogP) is 3.69. The number of nitrogens with one attached hydrogen (secondary N) is 2. The maximum Gasteiger partial charge on any atom is 0.192 e. The Hall–Kier alpha value is -3.08. The summed E-state index contributed by atoms with van der Waals surface area (Å²) < 4.78 is 1.87. The molecule has 0 aliphatic heterocycles. The van der Waals surface area contributed by atoms with E-state index in [1.165, 1.54) is 5.56 Å². The van der Waals surface area contributed by atoms with Gasteiger partial charge in [0.05, 0.1) is 24.0 Å². The molecule has 0 spiro atoms. The zero-order valence-corrected chi connectivity index (χ0v) is 15.3. The Morgan fingerprint density at radius 1 is 1.04 bits per heavy atom. The Balaban J connectivity index is 1.67. The number of aromatic nitrogens is 2. The largest absolute Gasteiger partial charge is 0.357 e. The third kappa shape index (κ3) is 4.72. The number of guanidine groups is 1. The van der Waals surface area contributed by atoms with Crippen molar-refractivity contribution in [1.82, 2.24) is 20.4 Å². The molecule has 0 aliphatic rings. The van der Waals surface area contributed by atoms with E-state index in [-0.39, 0.29) is 6.04 Å². The predicted molar refractivity (Wildman–Crippen MR) is 106 cm³/mol. The van der Waals surface area contributed by atoms with Gasteiger partial charge in [0.15, 0.2) is 5.96 Å². The van der Waals surface area contributed by atoms with E-state index < -0.39 is 0 Å². The Bertz CT molecular complexity index is 824. The average molecular weight is 347 g/mol. The molecule has 0 aliphatic carbocycles. The van der Waals surface area contributed by atoms with Crippen LogP contribution in [0.15, 0.2) is 77.9 Å². The normalized spacial score (nSPS) is 12.6. The van der Waals surface area contributed by atoms with Gasteiger partial charge < -0.3 is 10.6 Å². The van der Waals surface area contributed by atoms with Crippen LogP contribution in [0.25, 0.3) is 5.69 Å². The molecule has 0 saturated heterocycles. The summed E-state index contributed by atoms with van der Waals surface area (Å²) in [4.78, 5) is 4.67. The molecule has 5 heteroatoms. The molecular formula is C21H25N5. The third-order valence-corrected chi connectivity index (χ3v) is 4.06. The van der Waals surface area contributed by atoms with Gasteiger partial charge in [0.2, 0.25) is 0 Å². The van der Waals surface area contributed by atoms with E-state index in [9.17, 15) is 0 Å². The number of rotatable bonds is 6. The van der Waals surface area contributed by atoms with Crippen LogP contribution in [0.2, 0.25) is 0 Å². The van der Waals surface area contributed by atoms with E-state index >= 15 is 0 Å². The highest BCUT2D eigenvalue weighted by Gasteiger charge is 2.07. The summed E-state index contributed by atoms with van der Waals surface area (Å²) in [6.07, 6.45) is 1.97. The second-order valence-corrected chi connectivity index (χ2v) is 6.06. The first kappa shape index (κ1) is 17.7. The van der Waals surface area contributed by atoms with Gasteiger partial charge in [-0.25, -0.2) is 9.67 Å². The van der Waals surface area contributed by atoms with Gasteiger partial charge in [0.25, 0.3) is 0 Å². The van der Waals surface area contributed by atoms with E-state index in [1.54, 1.807) is 0 Å². The Morgan fingerprint density at radius 3 is 2.42 bits per heavy atom. The van der Waals surface area contributed by atoms with Crippen LogP contribution >= 0.6 is 0 Å². The summed E-state index contributed by atoms with van der Waals surface area (Å²) in [5.41, 5.74) is 3.20. The van der Waals surface area contributed by atoms with Crippen molar-refractivity contribution in [2.75, 3.05) is 6.54 Å². The molecule has 0 fully saturated rings. The maximum atomic E-state index is 4.67. The molecular weight excluding hydrogens is 322 g/mol. The van der Waals surface area contributed by atoms with Crippen LogP contribution in [0, 0.1) is 0 Å². The summed E-state index contributed by atoms with van der Waals surface area (Å²) in [6.45, 7) is 5.53. The molecule has 26 heavy (non-hydrogen) atoms. The van der Waals surface area contributed by atoms with Crippen molar-refractivity contribution in [2.45, 2.75) is 26.4 Å². The van der Waals surface area contributed by atoms with Gasteiger partial charge >= 0.3 is 0 Å². The van der Waals surface area contributed by atoms with Crippen molar-refractivity contribution in [1.29, 1.82) is 0 Å². The molecule has 2 N–H and O–H groups in total. The highest BCUT2D eigenvalue weighted by Crippen LogP contribution is 2.11. The van der Waals surface area contributed by atoms with Crippen molar-refractivity contribution in [3.05, 3.63) is 84.2 Å². The summed E-state index contributed by atoms with van der Waals surface area (Å²) >= 11 is 0. The van der Waals surface area contributed by atoms with Crippen molar-refractivity contribution < 1.29 is 0 Å². The molecule has 3 aromatic rings. The molecule has 0 radical (unpaired) electrons. The lowest BCUT2D eigenvalue weighted by Crippen LogP contribution is -2.38. The molecule has 0 bridgehead atoms. The van der Waals surface area contributed by atoms with Crippen LogP contribution in [-0.4, -0.2) is 22.3 Å². The zero-order valence-electron chi connectivity index (χ0n) is 15.3. The van der Waals surface area contributed by atoms with E-state index in [4.69, 9.17) is 0 Å². The first-order chi connectivity index (χ1) is 12.8. The zero-order chi connectivity index (χ0) is 18.2. The smallest absolute Gasteiger partial charge is 0.192 e. The number of para-hydroxylation sites is 1. The van der Waals surface area contributed by atoms with E-state index in [2.05, 4.69) is 46.7 Å². The van der Waals surface area contributed by atoms with Crippen molar-refractivity contribution in [2.24, 2.45) is 4.99 Å². The average Bonchev–Trinajstić information content (AvgIpc) is 3.17. The summed E-state index contributed by atoms with van der Waals surface area (Å²) in [6, 6.07) is 22.6. The second kappa shape index (κ2) is 8.85. The maximum absolute atomic E-state index is 4.67. The number of nitrogens with zero attached hydrogens (tertiary/aromatic N) is 3. The Labute approximate surface area is 154 Å². The fraction of sp³-hybridized carbons (Fsp3) is 0.238. The minimum atomic E-state index is 0.177. The topological polar surface area (TPSA) is 54.2 Å². The fourth-order valence-electron chi connectivity index (χ4n) is 2.68. The first-order valence-corrected chi connectivity index (χ1v) is 8.96. The molecule has 3 rings (SSSR count). The van der Waals surface area contributed by atoms with Crippen LogP contribution in [0.5, 0.6) is 0 Å². The quantitative estimate of drug-likeness (QED) is 0.528. The summed E-state index contributed by atoms with van der Waals surface area (Å²) in [5.74, 6) is 0.790. The van der Waals surface area contributed by atoms with Crippen molar-refractivity contribution in [3.8, 4) is 5.69 Å². The summed E-state index contributed by atoms with van der Waals surface area (Å²) in [7, 11) is 0. The van der Waals surface area contributed by atoms with Gasteiger partial charge in [0, 0.05) is 12.7 Å². The second-order valence-electron chi connectivity index (χ2n) is 6.06. The van der Waals surface area contributed by atoms with E-state index in [0.29, 0.717) is 6.54 Å². The minimum Gasteiger partial charge on any atom is -0.357 e. The Kier molecular flexibility index (Phi) is 6.04. The van der Waals surface area contributed by atoms with E-state index in [1.807, 2.05) is 65.5 Å². The van der Waals surface area contributed by atoms with Gasteiger partial charge in [0.1, 0.15) is 0 Å². The molecule has 1 heterocycles. The van der Waals surface area contributed by atoms with Crippen LogP contribution in [-0.2, 0) is 6.54 Å². The lowest BCUT2D eigenvalue weighted by molar-refractivity contribution is 0.685.